The summed E-state index contributed by atoms with van der Waals surface area (Å²) in [5, 5.41) is 2.93. The van der Waals surface area contributed by atoms with E-state index in [2.05, 4.69) is 22.3 Å². The van der Waals surface area contributed by atoms with E-state index in [9.17, 15) is 9.59 Å². The Bertz CT molecular complexity index is 1020. The molecule has 32 heavy (non-hydrogen) atoms. The molecule has 2 aromatic carbocycles. The zero-order valence-corrected chi connectivity index (χ0v) is 18.4. The molecule has 2 atom stereocenters. The lowest BCUT2D eigenvalue weighted by Crippen LogP contribution is -2.45. The first-order valence-electron chi connectivity index (χ1n) is 11.4. The molecule has 0 aromatic heterocycles. The number of likely N-dealkylation sites (tertiary alicyclic amines) is 1. The van der Waals surface area contributed by atoms with Gasteiger partial charge in [0.15, 0.2) is 11.5 Å². The van der Waals surface area contributed by atoms with E-state index < -0.39 is 0 Å². The standard InChI is InChI=1S/C25H29N3O4/c1-17-14-24(29)26-19-6-2-3-7-21(19)28(17)25(30)16-27-11-4-8-20(27)18-9-10-22-23(15-18)32-13-5-12-31-22/h2-3,6-7,9-10,15,17,20H,4-5,8,11-14,16H2,1H3,(H,26,29)/t17-,20+/m1/s1. The van der Waals surface area contributed by atoms with Crippen LogP contribution in [0, 0.1) is 0 Å². The highest BCUT2D eigenvalue weighted by Gasteiger charge is 2.34. The van der Waals surface area contributed by atoms with E-state index >= 15 is 0 Å². The smallest absolute Gasteiger partial charge is 0.241 e. The van der Waals surface area contributed by atoms with Crippen molar-refractivity contribution in [3.63, 3.8) is 0 Å². The number of carbonyl (C=O) groups is 2. The molecule has 2 aromatic rings. The van der Waals surface area contributed by atoms with Gasteiger partial charge in [-0.05, 0) is 56.1 Å². The lowest BCUT2D eigenvalue weighted by Gasteiger charge is -2.31. The predicted molar refractivity (Wildman–Crippen MR) is 122 cm³/mol. The second-order valence-electron chi connectivity index (χ2n) is 8.77. The van der Waals surface area contributed by atoms with E-state index in [0.717, 1.165) is 48.6 Å². The van der Waals surface area contributed by atoms with Gasteiger partial charge in [-0.2, -0.15) is 0 Å². The molecule has 0 radical (unpaired) electrons. The number of ether oxygens (including phenoxy) is 2. The third-order valence-corrected chi connectivity index (χ3v) is 6.49. The molecule has 7 nitrogen and oxygen atoms in total. The molecule has 1 fully saturated rings. The number of amides is 2. The lowest BCUT2D eigenvalue weighted by atomic mass is 10.0. The molecular formula is C25H29N3O4. The molecule has 0 aliphatic carbocycles. The van der Waals surface area contributed by atoms with Crippen molar-refractivity contribution in [1.29, 1.82) is 0 Å². The van der Waals surface area contributed by atoms with Crippen LogP contribution in [0.1, 0.15) is 44.2 Å². The van der Waals surface area contributed by atoms with Gasteiger partial charge in [-0.15, -0.1) is 0 Å². The summed E-state index contributed by atoms with van der Waals surface area (Å²) in [4.78, 5) is 29.8. The third kappa shape index (κ3) is 4.05. The minimum Gasteiger partial charge on any atom is -0.490 e. The minimum atomic E-state index is -0.203. The normalized spacial score (nSPS) is 23.2. The number of hydrogen-bond acceptors (Lipinski definition) is 5. The average Bonchev–Trinajstić information content (AvgIpc) is 3.03. The second-order valence-corrected chi connectivity index (χ2v) is 8.77. The number of nitrogens with zero attached hydrogens (tertiary/aromatic N) is 2. The summed E-state index contributed by atoms with van der Waals surface area (Å²) < 4.78 is 11.6. The van der Waals surface area contributed by atoms with Crippen LogP contribution in [-0.2, 0) is 9.59 Å². The number of benzene rings is 2. The number of para-hydroxylation sites is 2. The fraction of sp³-hybridized carbons (Fsp3) is 0.440. The fourth-order valence-electron chi connectivity index (χ4n) is 5.00. The van der Waals surface area contributed by atoms with Crippen molar-refractivity contribution in [2.75, 3.05) is 36.5 Å². The monoisotopic (exact) mass is 435 g/mol. The van der Waals surface area contributed by atoms with Crippen LogP contribution in [0.25, 0.3) is 0 Å². The first kappa shape index (κ1) is 20.8. The van der Waals surface area contributed by atoms with Crippen LogP contribution in [-0.4, -0.2) is 49.1 Å². The van der Waals surface area contributed by atoms with Crippen molar-refractivity contribution in [3.05, 3.63) is 48.0 Å². The quantitative estimate of drug-likeness (QED) is 0.795. The number of nitrogens with one attached hydrogen (secondary N) is 1. The van der Waals surface area contributed by atoms with Gasteiger partial charge in [0.1, 0.15) is 0 Å². The van der Waals surface area contributed by atoms with Gasteiger partial charge in [-0.25, -0.2) is 0 Å². The molecule has 168 valence electrons. The molecule has 1 N–H and O–H groups in total. The van der Waals surface area contributed by atoms with Gasteiger partial charge in [0.05, 0.1) is 31.1 Å². The van der Waals surface area contributed by atoms with Gasteiger partial charge in [0.25, 0.3) is 0 Å². The fourth-order valence-corrected chi connectivity index (χ4v) is 5.00. The number of fused-ring (bicyclic) bond motifs is 2. The maximum Gasteiger partial charge on any atom is 0.241 e. The molecule has 3 aliphatic heterocycles. The Morgan fingerprint density at radius 2 is 1.91 bits per heavy atom. The largest absolute Gasteiger partial charge is 0.490 e. The van der Waals surface area contributed by atoms with Crippen molar-refractivity contribution in [2.24, 2.45) is 0 Å². The summed E-state index contributed by atoms with van der Waals surface area (Å²) in [7, 11) is 0. The molecule has 0 unspecified atom stereocenters. The molecular weight excluding hydrogens is 406 g/mol. The van der Waals surface area contributed by atoms with Crippen molar-refractivity contribution < 1.29 is 19.1 Å². The molecule has 0 saturated carbocycles. The van der Waals surface area contributed by atoms with E-state index in [4.69, 9.17) is 9.47 Å². The Balaban J connectivity index is 1.37. The van der Waals surface area contributed by atoms with Crippen LogP contribution >= 0.6 is 0 Å². The molecule has 2 amide bonds. The van der Waals surface area contributed by atoms with Crippen LogP contribution in [0.4, 0.5) is 11.4 Å². The second kappa shape index (κ2) is 8.82. The number of anilines is 2. The first-order chi connectivity index (χ1) is 15.6. The number of hydrogen-bond donors (Lipinski definition) is 1. The Hall–Kier alpha value is -3.06. The highest BCUT2D eigenvalue weighted by molar-refractivity contribution is 6.04. The highest BCUT2D eigenvalue weighted by atomic mass is 16.5. The molecule has 3 aliphatic rings. The van der Waals surface area contributed by atoms with Crippen molar-refractivity contribution in [3.8, 4) is 11.5 Å². The van der Waals surface area contributed by atoms with Crippen LogP contribution in [0.5, 0.6) is 11.5 Å². The summed E-state index contributed by atoms with van der Waals surface area (Å²) in [6.45, 7) is 4.44. The summed E-state index contributed by atoms with van der Waals surface area (Å²) in [6, 6.07) is 13.6. The molecule has 0 spiro atoms. The van der Waals surface area contributed by atoms with Gasteiger partial charge < -0.3 is 19.7 Å². The summed E-state index contributed by atoms with van der Waals surface area (Å²) >= 11 is 0. The number of rotatable bonds is 3. The summed E-state index contributed by atoms with van der Waals surface area (Å²) in [6.07, 6.45) is 3.20. The maximum atomic E-state index is 13.5. The third-order valence-electron chi connectivity index (χ3n) is 6.49. The molecule has 3 heterocycles. The molecule has 5 rings (SSSR count). The Morgan fingerprint density at radius 3 is 2.78 bits per heavy atom. The van der Waals surface area contributed by atoms with Gasteiger partial charge in [0, 0.05) is 24.9 Å². The van der Waals surface area contributed by atoms with Crippen molar-refractivity contribution in [1.82, 2.24) is 4.90 Å². The van der Waals surface area contributed by atoms with Gasteiger partial charge in [0.2, 0.25) is 11.8 Å². The van der Waals surface area contributed by atoms with Crippen LogP contribution in [0.2, 0.25) is 0 Å². The first-order valence-corrected chi connectivity index (χ1v) is 11.4. The molecule has 1 saturated heterocycles. The van der Waals surface area contributed by atoms with Gasteiger partial charge in [-0.3, -0.25) is 14.5 Å². The van der Waals surface area contributed by atoms with E-state index in [1.165, 1.54) is 0 Å². The van der Waals surface area contributed by atoms with Crippen molar-refractivity contribution in [2.45, 2.75) is 44.7 Å². The van der Waals surface area contributed by atoms with E-state index in [0.29, 0.717) is 25.4 Å². The zero-order chi connectivity index (χ0) is 22.1. The van der Waals surface area contributed by atoms with E-state index in [1.54, 1.807) is 4.90 Å². The van der Waals surface area contributed by atoms with E-state index in [-0.39, 0.29) is 30.3 Å². The Morgan fingerprint density at radius 1 is 1.09 bits per heavy atom. The number of carbonyl (C=O) groups excluding carboxylic acids is 2. The van der Waals surface area contributed by atoms with Crippen LogP contribution < -0.4 is 19.7 Å². The topological polar surface area (TPSA) is 71.1 Å². The van der Waals surface area contributed by atoms with Crippen molar-refractivity contribution >= 4 is 23.2 Å². The Labute approximate surface area is 188 Å². The van der Waals surface area contributed by atoms with Gasteiger partial charge in [-0.1, -0.05) is 18.2 Å². The average molecular weight is 436 g/mol. The molecule has 7 heteroatoms. The minimum absolute atomic E-state index is 0.0164. The van der Waals surface area contributed by atoms with E-state index in [1.807, 2.05) is 37.3 Å². The lowest BCUT2D eigenvalue weighted by molar-refractivity contribution is -0.120. The SMILES string of the molecule is C[C@@H]1CC(=O)Nc2ccccc2N1C(=O)CN1CCC[C@H]1c1ccc2c(c1)OCCCO2. The maximum absolute atomic E-state index is 13.5. The predicted octanol–water partition coefficient (Wildman–Crippen LogP) is 3.75. The summed E-state index contributed by atoms with van der Waals surface area (Å²) in [5.74, 6) is 1.53. The van der Waals surface area contributed by atoms with Gasteiger partial charge >= 0.3 is 0 Å². The molecule has 0 bridgehead atoms. The zero-order valence-electron chi connectivity index (χ0n) is 18.4. The van der Waals surface area contributed by atoms with Crippen LogP contribution in [0.15, 0.2) is 42.5 Å². The van der Waals surface area contributed by atoms with Crippen LogP contribution in [0.3, 0.4) is 0 Å². The summed E-state index contributed by atoms with van der Waals surface area (Å²) in [5.41, 5.74) is 2.61. The Kier molecular flexibility index (Phi) is 5.74. The highest BCUT2D eigenvalue weighted by Crippen LogP contribution is 2.38.